The Morgan fingerprint density at radius 1 is 0.889 bits per heavy atom. The van der Waals surface area contributed by atoms with Crippen LogP contribution in [0.25, 0.3) is 0 Å². The second-order valence-electron chi connectivity index (χ2n) is 8.19. The average molecular weight is 480 g/mol. The number of hydrogen-bond donors (Lipinski definition) is 0. The Hall–Kier alpha value is 0.501. The van der Waals surface area contributed by atoms with E-state index in [1.54, 1.807) is 14.6 Å². The Bertz CT molecular complexity index is 680. The van der Waals surface area contributed by atoms with Crippen molar-refractivity contribution in [2.75, 3.05) is 0 Å². The maximum Gasteiger partial charge on any atom is -1.00 e. The summed E-state index contributed by atoms with van der Waals surface area (Å²) in [7, 11) is -1.73. The molecule has 1 aromatic carbocycles. The summed E-state index contributed by atoms with van der Waals surface area (Å²) < 4.78 is 1.63. The third-order valence-electron chi connectivity index (χ3n) is 6.74. The first-order chi connectivity index (χ1) is 11.1. The Kier molecular flexibility index (Phi) is 12.1. The minimum atomic E-state index is -1.73. The molecule has 1 aromatic rings. The first-order valence-corrected chi connectivity index (χ1v) is 12.8. The van der Waals surface area contributed by atoms with Gasteiger partial charge in [0.25, 0.3) is 0 Å². The van der Waals surface area contributed by atoms with Gasteiger partial charge in [-0.15, -0.1) is 0 Å². The summed E-state index contributed by atoms with van der Waals surface area (Å²) in [4.78, 5) is 0. The van der Waals surface area contributed by atoms with E-state index < -0.39 is 8.07 Å². The van der Waals surface area contributed by atoms with Crippen LogP contribution in [0.15, 0.2) is 38.8 Å². The second-order valence-corrected chi connectivity index (χ2v) is 13.7. The van der Waals surface area contributed by atoms with Gasteiger partial charge in [-0.05, 0) is 0 Å². The summed E-state index contributed by atoms with van der Waals surface area (Å²) in [5.74, 6) is 0. The number of rotatable bonds is 5. The van der Waals surface area contributed by atoms with Crippen molar-refractivity contribution in [1.29, 1.82) is 0 Å². The number of unbranched alkanes of at least 4 members (excludes halogenated alkanes) is 1. The number of hydrogen-bond acceptors (Lipinski definition) is 0. The molecule has 0 saturated carbocycles. The molecule has 0 radical (unpaired) electrons. The molecule has 0 N–H and O–H groups in total. The summed E-state index contributed by atoms with van der Waals surface area (Å²) in [6.45, 7) is 19.1. The van der Waals surface area contributed by atoms with Crippen LogP contribution in [0.5, 0.6) is 0 Å². The Morgan fingerprint density at radius 3 is 1.74 bits per heavy atom. The molecule has 0 spiro atoms. The molecule has 0 aliphatic heterocycles. The molecule has 2 atom stereocenters. The summed E-state index contributed by atoms with van der Waals surface area (Å²) in [6.07, 6.45) is 2.62. The normalized spacial score (nSPS) is 21.3. The minimum Gasteiger partial charge on any atom is -1.00 e. The molecule has 150 valence electrons. The van der Waals surface area contributed by atoms with Gasteiger partial charge in [0.05, 0.1) is 0 Å². The van der Waals surface area contributed by atoms with Crippen LogP contribution in [0.3, 0.4) is 0 Å². The van der Waals surface area contributed by atoms with Crippen LogP contribution in [-0.2, 0) is 20.4 Å². The zero-order valence-corrected chi connectivity index (χ0v) is 22.8. The molecule has 0 heterocycles. The standard InChI is InChI=1S/C22H33Si.3ClH.Ti/c1-9-10-11-23(8,21-13-16(2)12-17(3)14-21)22(7)15-18(4)19(5)20(22)6;;;;/h12-14H,9-11H2,1-8H3;3*1H;/q;;;;+3/p-3. The van der Waals surface area contributed by atoms with Crippen LogP contribution in [-0.4, -0.2) is 8.07 Å². The molecule has 0 nitrogen and oxygen atoms in total. The summed E-state index contributed by atoms with van der Waals surface area (Å²) in [5, 5.41) is 1.90. The fourth-order valence-corrected chi connectivity index (χ4v) is 11.8. The van der Waals surface area contributed by atoms with Crippen LogP contribution in [0.4, 0.5) is 0 Å². The van der Waals surface area contributed by atoms with Gasteiger partial charge in [-0.2, -0.15) is 0 Å². The average Bonchev–Trinajstić information content (AvgIpc) is 2.68. The molecule has 2 rings (SSSR count). The Labute approximate surface area is 198 Å². The van der Waals surface area contributed by atoms with E-state index in [9.17, 15) is 0 Å². The van der Waals surface area contributed by atoms with E-state index in [1.165, 1.54) is 41.2 Å². The van der Waals surface area contributed by atoms with Gasteiger partial charge >= 0.3 is 163 Å². The van der Waals surface area contributed by atoms with E-state index in [0.29, 0.717) is 0 Å². The van der Waals surface area contributed by atoms with Crippen LogP contribution >= 0.6 is 0 Å². The minimum absolute atomic E-state index is 0. The Morgan fingerprint density at radius 2 is 1.37 bits per heavy atom. The maximum atomic E-state index is 2.65. The molecule has 0 fully saturated rings. The van der Waals surface area contributed by atoms with E-state index in [1.807, 2.05) is 0 Å². The SMILES string of the molecule is CCCC[Si](C)(c1cc(C)cc(C)c1)C1(C)C(C)=C(C)C(C)=[C]1[Ti+3].[Cl-].[Cl-].[Cl-]. The first kappa shape index (κ1) is 29.7. The molecular formula is C22H33Cl3SiTi. The topological polar surface area (TPSA) is 0 Å². The molecule has 1 aliphatic carbocycles. The molecule has 5 heteroatoms. The molecular weight excluding hydrogens is 447 g/mol. The van der Waals surface area contributed by atoms with Crippen molar-refractivity contribution >= 4 is 13.3 Å². The monoisotopic (exact) mass is 478 g/mol. The van der Waals surface area contributed by atoms with Crippen molar-refractivity contribution < 1.29 is 57.7 Å². The summed E-state index contributed by atoms with van der Waals surface area (Å²) in [6, 6.07) is 8.67. The van der Waals surface area contributed by atoms with Crippen molar-refractivity contribution in [2.24, 2.45) is 0 Å². The third-order valence-corrected chi connectivity index (χ3v) is 14.2. The first-order valence-electron chi connectivity index (χ1n) is 9.29. The quantitative estimate of drug-likeness (QED) is 0.404. The number of benzene rings is 1. The van der Waals surface area contributed by atoms with Gasteiger partial charge in [0.2, 0.25) is 0 Å². The van der Waals surface area contributed by atoms with E-state index in [-0.39, 0.29) is 42.3 Å². The summed E-state index contributed by atoms with van der Waals surface area (Å²) in [5.41, 5.74) is 7.53. The fraction of sp³-hybridized carbons (Fsp3) is 0.545. The molecule has 0 amide bonds. The Balaban J connectivity index is 0. The van der Waals surface area contributed by atoms with Crippen molar-refractivity contribution in [3.8, 4) is 0 Å². The van der Waals surface area contributed by atoms with E-state index >= 15 is 0 Å². The molecule has 2 unspecified atom stereocenters. The van der Waals surface area contributed by atoms with Gasteiger partial charge < -0.3 is 37.2 Å². The van der Waals surface area contributed by atoms with Crippen molar-refractivity contribution in [2.45, 2.75) is 78.9 Å². The van der Waals surface area contributed by atoms with Crippen molar-refractivity contribution in [3.05, 3.63) is 49.9 Å². The predicted molar refractivity (Wildman–Crippen MR) is 106 cm³/mol. The van der Waals surface area contributed by atoms with Crippen LogP contribution < -0.4 is 42.4 Å². The third kappa shape index (κ3) is 4.98. The van der Waals surface area contributed by atoms with Gasteiger partial charge in [0.1, 0.15) is 0 Å². The number of allylic oxidation sites excluding steroid dienone is 4. The van der Waals surface area contributed by atoms with Crippen LogP contribution in [0.1, 0.15) is 58.6 Å². The maximum absolute atomic E-state index is 2.65. The largest absolute Gasteiger partial charge is 1.00 e. The van der Waals surface area contributed by atoms with Gasteiger partial charge in [-0.1, -0.05) is 0 Å². The smallest absolute Gasteiger partial charge is 1.00 e. The molecule has 0 saturated heterocycles. The second kappa shape index (κ2) is 11.0. The van der Waals surface area contributed by atoms with Crippen molar-refractivity contribution in [1.82, 2.24) is 0 Å². The summed E-state index contributed by atoms with van der Waals surface area (Å²) >= 11 is 2.40. The van der Waals surface area contributed by atoms with E-state index in [2.05, 4.69) is 93.6 Å². The van der Waals surface area contributed by atoms with Crippen molar-refractivity contribution in [3.63, 3.8) is 0 Å². The van der Waals surface area contributed by atoms with Gasteiger partial charge in [0.15, 0.2) is 0 Å². The van der Waals surface area contributed by atoms with E-state index in [0.717, 1.165) is 0 Å². The zero-order valence-electron chi connectivity index (χ0n) is 18.0. The molecule has 0 aromatic heterocycles. The van der Waals surface area contributed by atoms with E-state index in [4.69, 9.17) is 0 Å². The number of aryl methyl sites for hydroxylation is 2. The van der Waals surface area contributed by atoms with Gasteiger partial charge in [-0.25, -0.2) is 0 Å². The zero-order chi connectivity index (χ0) is 18.3. The van der Waals surface area contributed by atoms with Gasteiger partial charge in [-0.3, -0.25) is 0 Å². The molecule has 0 bridgehead atoms. The predicted octanol–water partition coefficient (Wildman–Crippen LogP) is -2.67. The van der Waals surface area contributed by atoms with Gasteiger partial charge in [0, 0.05) is 0 Å². The molecule has 1 aliphatic rings. The van der Waals surface area contributed by atoms with Crippen LogP contribution in [0.2, 0.25) is 17.6 Å². The number of halogens is 3. The fourth-order valence-electron chi connectivity index (χ4n) is 4.60. The van der Waals surface area contributed by atoms with Crippen LogP contribution in [0, 0.1) is 13.8 Å². The molecule has 27 heavy (non-hydrogen) atoms.